The monoisotopic (exact) mass is 292 g/mol. The fourth-order valence-corrected chi connectivity index (χ4v) is 3.18. The second kappa shape index (κ2) is 5.09. The van der Waals surface area contributed by atoms with E-state index in [1.54, 1.807) is 0 Å². The van der Waals surface area contributed by atoms with Gasteiger partial charge in [-0.1, -0.05) is 20.8 Å². The molecule has 116 valence electrons. The molecule has 6 heteroatoms. The highest BCUT2D eigenvalue weighted by Gasteiger charge is 2.46. The number of H-pyrrole nitrogens is 1. The Balaban J connectivity index is 1.63. The molecule has 2 aliphatic heterocycles. The average Bonchev–Trinajstić information content (AvgIpc) is 3.10. The molecule has 3 atom stereocenters. The van der Waals surface area contributed by atoms with Crippen LogP contribution in [0.1, 0.15) is 51.4 Å². The first-order valence-corrected chi connectivity index (χ1v) is 7.74. The number of fused-ring (bicyclic) bond motifs is 1. The van der Waals surface area contributed by atoms with Gasteiger partial charge in [-0.25, -0.2) is 4.98 Å². The summed E-state index contributed by atoms with van der Waals surface area (Å²) in [6.07, 6.45) is 1.86. The summed E-state index contributed by atoms with van der Waals surface area (Å²) in [5.41, 5.74) is -0.279. The van der Waals surface area contributed by atoms with Crippen LogP contribution in [-0.4, -0.2) is 45.2 Å². The zero-order valence-electron chi connectivity index (χ0n) is 13.2. The maximum atomic E-state index is 12.5. The number of hydrogen-bond acceptors (Lipinski definition) is 4. The number of aryl methyl sites for hydroxylation is 1. The van der Waals surface area contributed by atoms with Gasteiger partial charge in [-0.05, 0) is 19.8 Å². The van der Waals surface area contributed by atoms with E-state index in [0.29, 0.717) is 12.5 Å². The Morgan fingerprint density at radius 2 is 2.24 bits per heavy atom. The van der Waals surface area contributed by atoms with Gasteiger partial charge < -0.3 is 9.64 Å². The Hall–Kier alpha value is -1.43. The first-order valence-electron chi connectivity index (χ1n) is 7.74. The molecule has 1 aromatic heterocycles. The number of rotatable bonds is 3. The minimum absolute atomic E-state index is 0.0265. The number of aromatic amines is 1. The molecule has 2 aliphatic rings. The molecule has 2 saturated heterocycles. The van der Waals surface area contributed by atoms with Gasteiger partial charge in [-0.2, -0.15) is 5.10 Å². The van der Waals surface area contributed by atoms with Gasteiger partial charge in [0.2, 0.25) is 5.91 Å². The van der Waals surface area contributed by atoms with Gasteiger partial charge >= 0.3 is 0 Å². The summed E-state index contributed by atoms with van der Waals surface area (Å²) in [7, 11) is 0. The summed E-state index contributed by atoms with van der Waals surface area (Å²) >= 11 is 0. The molecule has 0 spiro atoms. The zero-order valence-corrected chi connectivity index (χ0v) is 13.2. The summed E-state index contributed by atoms with van der Waals surface area (Å²) in [4.78, 5) is 18.8. The molecule has 3 heterocycles. The molecule has 21 heavy (non-hydrogen) atoms. The van der Waals surface area contributed by atoms with Gasteiger partial charge in [0, 0.05) is 24.4 Å². The second-order valence-corrected chi connectivity index (χ2v) is 6.89. The van der Waals surface area contributed by atoms with Crippen LogP contribution in [0.2, 0.25) is 0 Å². The van der Waals surface area contributed by atoms with Gasteiger partial charge in [-0.15, -0.1) is 0 Å². The van der Waals surface area contributed by atoms with Crippen LogP contribution in [0.15, 0.2) is 0 Å². The Kier molecular flexibility index (Phi) is 3.51. The van der Waals surface area contributed by atoms with E-state index in [1.165, 1.54) is 0 Å². The molecule has 1 N–H and O–H groups in total. The van der Waals surface area contributed by atoms with Crippen molar-refractivity contribution in [2.24, 2.45) is 11.3 Å². The fourth-order valence-electron chi connectivity index (χ4n) is 3.18. The fraction of sp³-hybridized carbons (Fsp3) is 0.800. The van der Waals surface area contributed by atoms with Gasteiger partial charge in [0.1, 0.15) is 11.9 Å². The molecule has 0 radical (unpaired) electrons. The maximum Gasteiger partial charge on any atom is 0.228 e. The van der Waals surface area contributed by atoms with E-state index in [4.69, 9.17) is 4.74 Å². The standard InChI is InChI=1S/C15H24N4O2/c1-5-15(3,4)14(20)19-7-10-6-11(21-12(10)8-19)13-16-9(2)17-18-13/h10-12H,5-8H2,1-4H3,(H,16,17,18)/t10-,11-,12+/m0/s1. The Morgan fingerprint density at radius 1 is 1.48 bits per heavy atom. The second-order valence-electron chi connectivity index (χ2n) is 6.89. The van der Waals surface area contributed by atoms with Crippen LogP contribution < -0.4 is 0 Å². The van der Waals surface area contributed by atoms with Gasteiger partial charge in [-0.3, -0.25) is 9.89 Å². The van der Waals surface area contributed by atoms with Crippen LogP contribution in [0.5, 0.6) is 0 Å². The smallest absolute Gasteiger partial charge is 0.228 e. The Labute approximate surface area is 125 Å². The van der Waals surface area contributed by atoms with Gasteiger partial charge in [0.15, 0.2) is 5.82 Å². The molecule has 0 aliphatic carbocycles. The lowest BCUT2D eigenvalue weighted by Gasteiger charge is -2.28. The highest BCUT2D eigenvalue weighted by atomic mass is 16.5. The summed E-state index contributed by atoms with van der Waals surface area (Å²) in [5.74, 6) is 2.21. The van der Waals surface area contributed by atoms with Crippen LogP contribution >= 0.6 is 0 Å². The Bertz CT molecular complexity index is 526. The van der Waals surface area contributed by atoms with Crippen molar-refractivity contribution in [3.8, 4) is 0 Å². The predicted octanol–water partition coefficient (Wildman–Crippen LogP) is 1.84. The van der Waals surface area contributed by atoms with Crippen molar-refractivity contribution in [3.63, 3.8) is 0 Å². The SMILES string of the molecule is CCC(C)(C)C(=O)N1C[C@@H]2C[C@@H](c3n[nH]c(C)n3)O[C@@H]2C1. The quantitative estimate of drug-likeness (QED) is 0.922. The van der Waals surface area contributed by atoms with Crippen LogP contribution in [0, 0.1) is 18.3 Å². The van der Waals surface area contributed by atoms with Crippen LogP contribution in [0.25, 0.3) is 0 Å². The summed E-state index contributed by atoms with van der Waals surface area (Å²) < 4.78 is 6.07. The number of amides is 1. The third kappa shape index (κ3) is 2.57. The van der Waals surface area contributed by atoms with Crippen LogP contribution in [0.4, 0.5) is 0 Å². The number of carbonyl (C=O) groups is 1. The first-order chi connectivity index (χ1) is 9.90. The number of nitrogens with zero attached hydrogens (tertiary/aromatic N) is 3. The van der Waals surface area contributed by atoms with Crippen LogP contribution in [-0.2, 0) is 9.53 Å². The third-order valence-corrected chi connectivity index (χ3v) is 4.89. The van der Waals surface area contributed by atoms with Crippen molar-refractivity contribution in [2.75, 3.05) is 13.1 Å². The van der Waals surface area contributed by atoms with Crippen molar-refractivity contribution < 1.29 is 9.53 Å². The molecule has 0 aromatic carbocycles. The van der Waals surface area contributed by atoms with Gasteiger partial charge in [0.05, 0.1) is 6.10 Å². The predicted molar refractivity (Wildman–Crippen MR) is 77.5 cm³/mol. The molecular weight excluding hydrogens is 268 g/mol. The van der Waals surface area contributed by atoms with E-state index >= 15 is 0 Å². The molecule has 6 nitrogen and oxygen atoms in total. The van der Waals surface area contributed by atoms with Crippen molar-refractivity contribution >= 4 is 5.91 Å². The zero-order chi connectivity index (χ0) is 15.2. The van der Waals surface area contributed by atoms with Crippen LogP contribution in [0.3, 0.4) is 0 Å². The summed E-state index contributed by atoms with van der Waals surface area (Å²) in [6.45, 7) is 9.49. The minimum Gasteiger partial charge on any atom is -0.365 e. The molecule has 0 saturated carbocycles. The first kappa shape index (κ1) is 14.5. The van der Waals surface area contributed by atoms with Gasteiger partial charge in [0.25, 0.3) is 0 Å². The number of hydrogen-bond donors (Lipinski definition) is 1. The van der Waals surface area contributed by atoms with Crippen molar-refractivity contribution in [1.82, 2.24) is 20.1 Å². The summed E-state index contributed by atoms with van der Waals surface area (Å²) in [5, 5.41) is 7.05. The maximum absolute atomic E-state index is 12.5. The number of ether oxygens (including phenoxy) is 1. The highest BCUT2D eigenvalue weighted by Crippen LogP contribution is 2.40. The number of carbonyl (C=O) groups excluding carboxylic acids is 1. The van der Waals surface area contributed by atoms with E-state index in [9.17, 15) is 4.79 Å². The van der Waals surface area contributed by atoms with E-state index in [2.05, 4.69) is 22.1 Å². The molecule has 2 fully saturated rings. The Morgan fingerprint density at radius 3 is 2.81 bits per heavy atom. The molecule has 0 unspecified atom stereocenters. The van der Waals surface area contributed by atoms with Crippen molar-refractivity contribution in [1.29, 1.82) is 0 Å². The molecule has 1 aromatic rings. The average molecular weight is 292 g/mol. The van der Waals surface area contributed by atoms with Crippen molar-refractivity contribution in [3.05, 3.63) is 11.6 Å². The lowest BCUT2D eigenvalue weighted by molar-refractivity contribution is -0.140. The topological polar surface area (TPSA) is 71.1 Å². The third-order valence-electron chi connectivity index (χ3n) is 4.89. The van der Waals surface area contributed by atoms with E-state index in [0.717, 1.165) is 31.0 Å². The largest absolute Gasteiger partial charge is 0.365 e. The number of aromatic nitrogens is 3. The van der Waals surface area contributed by atoms with E-state index in [1.807, 2.05) is 25.7 Å². The van der Waals surface area contributed by atoms with E-state index < -0.39 is 0 Å². The molecule has 1 amide bonds. The highest BCUT2D eigenvalue weighted by molar-refractivity contribution is 5.82. The lowest BCUT2D eigenvalue weighted by atomic mass is 9.88. The van der Waals surface area contributed by atoms with Crippen molar-refractivity contribution in [2.45, 2.75) is 52.7 Å². The number of nitrogens with one attached hydrogen (secondary N) is 1. The molecule has 3 rings (SSSR count). The van der Waals surface area contributed by atoms with E-state index in [-0.39, 0.29) is 23.5 Å². The molecule has 0 bridgehead atoms. The normalized spacial score (nSPS) is 29.0. The number of likely N-dealkylation sites (tertiary alicyclic amines) is 1. The molecular formula is C15H24N4O2. The summed E-state index contributed by atoms with van der Waals surface area (Å²) in [6, 6.07) is 0. The minimum atomic E-state index is -0.279. The lowest BCUT2D eigenvalue weighted by Crippen LogP contribution is -2.40.